The number of anilines is 1. The van der Waals surface area contributed by atoms with Gasteiger partial charge in [0.25, 0.3) is 5.91 Å². The third-order valence-corrected chi connectivity index (χ3v) is 6.37. The number of hydrogen-bond acceptors (Lipinski definition) is 6. The molecule has 36 heavy (non-hydrogen) atoms. The number of esters is 1. The first kappa shape index (κ1) is 27.0. The molecule has 1 N–H and O–H groups in total. The van der Waals surface area contributed by atoms with Crippen LogP contribution in [0.1, 0.15) is 49.0 Å². The van der Waals surface area contributed by atoms with Gasteiger partial charge in [-0.3, -0.25) is 4.79 Å². The van der Waals surface area contributed by atoms with E-state index in [2.05, 4.69) is 12.2 Å². The van der Waals surface area contributed by atoms with Crippen molar-refractivity contribution in [1.29, 1.82) is 5.26 Å². The Morgan fingerprint density at radius 1 is 1.08 bits per heavy atom. The van der Waals surface area contributed by atoms with E-state index in [1.165, 1.54) is 17.4 Å². The average Bonchev–Trinajstić information content (AvgIpc) is 3.30. The largest absolute Gasteiger partial charge is 0.494 e. The summed E-state index contributed by atoms with van der Waals surface area (Å²) in [4.78, 5) is 25.7. The van der Waals surface area contributed by atoms with Crippen molar-refractivity contribution in [2.24, 2.45) is 0 Å². The Bertz CT molecular complexity index is 1260. The maximum absolute atomic E-state index is 13.0. The number of nitrogens with zero attached hydrogens (tertiary/aromatic N) is 1. The third-order valence-electron chi connectivity index (χ3n) is 5.23. The summed E-state index contributed by atoms with van der Waals surface area (Å²) in [5, 5.41) is 15.0. The van der Waals surface area contributed by atoms with Gasteiger partial charge in [-0.05, 0) is 54.8 Å². The Morgan fingerprint density at radius 3 is 2.44 bits per heavy atom. The van der Waals surface area contributed by atoms with Crippen LogP contribution in [0.5, 0.6) is 5.75 Å². The summed E-state index contributed by atoms with van der Waals surface area (Å²) in [6, 6.07) is 16.1. The lowest BCUT2D eigenvalue weighted by molar-refractivity contribution is -0.112. The highest BCUT2D eigenvalue weighted by Gasteiger charge is 2.23. The molecule has 0 aliphatic rings. The highest BCUT2D eigenvalue weighted by molar-refractivity contribution is 7.15. The van der Waals surface area contributed by atoms with Gasteiger partial charge in [0.15, 0.2) is 0 Å². The van der Waals surface area contributed by atoms with Crippen LogP contribution in [0.4, 0.5) is 5.00 Å². The molecule has 0 bridgehead atoms. The fraction of sp³-hybridized carbons (Fsp3) is 0.250. The minimum Gasteiger partial charge on any atom is -0.494 e. The van der Waals surface area contributed by atoms with Gasteiger partial charge in [-0.1, -0.05) is 55.6 Å². The van der Waals surface area contributed by atoms with Crippen molar-refractivity contribution in [3.05, 3.63) is 75.6 Å². The fourth-order valence-electron chi connectivity index (χ4n) is 3.39. The van der Waals surface area contributed by atoms with E-state index < -0.39 is 11.9 Å². The van der Waals surface area contributed by atoms with Crippen molar-refractivity contribution in [2.75, 3.05) is 18.5 Å². The Morgan fingerprint density at radius 2 is 1.81 bits per heavy atom. The van der Waals surface area contributed by atoms with Crippen molar-refractivity contribution in [3.63, 3.8) is 0 Å². The van der Waals surface area contributed by atoms with Crippen molar-refractivity contribution < 1.29 is 19.1 Å². The minimum absolute atomic E-state index is 0.0946. The zero-order valence-corrected chi connectivity index (χ0v) is 21.7. The molecule has 0 aliphatic carbocycles. The molecule has 6 nitrogen and oxygen atoms in total. The maximum atomic E-state index is 13.0. The molecule has 1 aromatic heterocycles. The minimum atomic E-state index is -0.618. The standard InChI is InChI=1S/C28H27ClN2O4S/c1-3-5-6-15-35-23-13-7-19(8-14-23)16-21(17-30)26(32)31-27-25(28(33)34-4-2)24(18-36-27)20-9-11-22(29)12-10-20/h7-14,16,18H,3-6,15H2,1-2H3,(H,31,32)/b21-16+. The number of rotatable bonds is 11. The summed E-state index contributed by atoms with van der Waals surface area (Å²) in [6.45, 7) is 4.68. The molecule has 0 spiro atoms. The second kappa shape index (κ2) is 13.5. The first-order chi connectivity index (χ1) is 17.5. The summed E-state index contributed by atoms with van der Waals surface area (Å²) in [5.74, 6) is -0.443. The zero-order valence-electron chi connectivity index (χ0n) is 20.2. The molecule has 0 aliphatic heterocycles. The van der Waals surface area contributed by atoms with Gasteiger partial charge in [-0.25, -0.2) is 4.79 Å². The van der Waals surface area contributed by atoms with E-state index in [-0.39, 0.29) is 17.7 Å². The van der Waals surface area contributed by atoms with Gasteiger partial charge >= 0.3 is 5.97 Å². The SMILES string of the molecule is CCCCCOc1ccc(/C=C(\C#N)C(=O)Nc2scc(-c3ccc(Cl)cc3)c2C(=O)OCC)cc1. The summed E-state index contributed by atoms with van der Waals surface area (Å²) < 4.78 is 10.9. The van der Waals surface area contributed by atoms with Crippen LogP contribution in [-0.2, 0) is 9.53 Å². The Hall–Kier alpha value is -3.60. The van der Waals surface area contributed by atoms with Crippen LogP contribution in [0.2, 0.25) is 5.02 Å². The molecule has 0 atom stereocenters. The lowest BCUT2D eigenvalue weighted by Crippen LogP contribution is -2.16. The van der Waals surface area contributed by atoms with Gasteiger partial charge in [0.05, 0.1) is 13.2 Å². The van der Waals surface area contributed by atoms with Gasteiger partial charge in [-0.15, -0.1) is 11.3 Å². The Labute approximate surface area is 220 Å². The first-order valence-corrected chi connectivity index (χ1v) is 12.9. The van der Waals surface area contributed by atoms with E-state index in [9.17, 15) is 14.9 Å². The van der Waals surface area contributed by atoms with Crippen LogP contribution in [0.25, 0.3) is 17.2 Å². The second-order valence-electron chi connectivity index (χ2n) is 7.83. The number of halogens is 1. The highest BCUT2D eigenvalue weighted by atomic mass is 35.5. The maximum Gasteiger partial charge on any atom is 0.341 e. The molecule has 0 radical (unpaired) electrons. The van der Waals surface area contributed by atoms with Crippen LogP contribution in [0.15, 0.2) is 59.5 Å². The van der Waals surface area contributed by atoms with Crippen molar-refractivity contribution in [3.8, 4) is 22.9 Å². The van der Waals surface area contributed by atoms with E-state index in [4.69, 9.17) is 21.1 Å². The average molecular weight is 523 g/mol. The molecule has 3 aromatic rings. The van der Waals surface area contributed by atoms with E-state index in [0.29, 0.717) is 27.8 Å². The smallest absolute Gasteiger partial charge is 0.341 e. The Balaban J connectivity index is 1.80. The van der Waals surface area contributed by atoms with E-state index in [1.54, 1.807) is 60.8 Å². The van der Waals surface area contributed by atoms with Crippen LogP contribution < -0.4 is 10.1 Å². The number of ether oxygens (including phenoxy) is 2. The van der Waals surface area contributed by atoms with Gasteiger partial charge in [0.2, 0.25) is 0 Å². The van der Waals surface area contributed by atoms with Crippen LogP contribution in [0.3, 0.4) is 0 Å². The molecule has 1 amide bonds. The van der Waals surface area contributed by atoms with E-state index >= 15 is 0 Å². The summed E-state index contributed by atoms with van der Waals surface area (Å²) >= 11 is 7.18. The molecule has 2 aromatic carbocycles. The molecular weight excluding hydrogens is 496 g/mol. The fourth-order valence-corrected chi connectivity index (χ4v) is 4.46. The molecule has 0 saturated carbocycles. The van der Waals surface area contributed by atoms with Crippen LogP contribution >= 0.6 is 22.9 Å². The molecule has 8 heteroatoms. The van der Waals surface area contributed by atoms with Gasteiger partial charge in [-0.2, -0.15) is 5.26 Å². The lowest BCUT2D eigenvalue weighted by Gasteiger charge is -2.09. The summed E-state index contributed by atoms with van der Waals surface area (Å²) in [6.07, 6.45) is 4.73. The number of nitriles is 1. The van der Waals surface area contributed by atoms with E-state index in [1.807, 2.05) is 6.07 Å². The number of nitrogens with one attached hydrogen (secondary N) is 1. The number of carbonyl (C=O) groups is 2. The predicted octanol–water partition coefficient (Wildman–Crippen LogP) is 7.36. The van der Waals surface area contributed by atoms with Crippen molar-refractivity contribution in [2.45, 2.75) is 33.1 Å². The lowest BCUT2D eigenvalue weighted by atomic mass is 10.0. The van der Waals surface area contributed by atoms with Crippen LogP contribution in [0, 0.1) is 11.3 Å². The number of unbranched alkanes of at least 4 members (excludes halogenated alkanes) is 2. The normalized spacial score (nSPS) is 11.0. The number of thiophene rings is 1. The molecule has 0 fully saturated rings. The molecule has 0 unspecified atom stereocenters. The molecule has 3 rings (SSSR count). The van der Waals surface area contributed by atoms with Crippen molar-refractivity contribution >= 4 is 45.9 Å². The molecule has 0 saturated heterocycles. The number of amides is 1. The third kappa shape index (κ3) is 7.20. The topological polar surface area (TPSA) is 88.4 Å². The summed E-state index contributed by atoms with van der Waals surface area (Å²) in [7, 11) is 0. The highest BCUT2D eigenvalue weighted by Crippen LogP contribution is 2.37. The zero-order chi connectivity index (χ0) is 25.9. The van der Waals surface area contributed by atoms with Crippen molar-refractivity contribution in [1.82, 2.24) is 0 Å². The molecular formula is C28H27ClN2O4S. The van der Waals surface area contributed by atoms with Gasteiger partial charge in [0.1, 0.15) is 28.0 Å². The van der Waals surface area contributed by atoms with Gasteiger partial charge < -0.3 is 14.8 Å². The molecule has 186 valence electrons. The van der Waals surface area contributed by atoms with E-state index in [0.717, 1.165) is 30.6 Å². The summed E-state index contributed by atoms with van der Waals surface area (Å²) in [5.41, 5.74) is 2.19. The monoisotopic (exact) mass is 522 g/mol. The van der Waals surface area contributed by atoms with Gasteiger partial charge in [0, 0.05) is 16.0 Å². The van der Waals surface area contributed by atoms with Crippen LogP contribution in [-0.4, -0.2) is 25.1 Å². The number of benzene rings is 2. The Kier molecular flexibility index (Phi) is 10.1. The molecule has 1 heterocycles. The first-order valence-electron chi connectivity index (χ1n) is 11.7. The second-order valence-corrected chi connectivity index (χ2v) is 9.15. The number of hydrogen-bond donors (Lipinski definition) is 1. The number of carbonyl (C=O) groups excluding carboxylic acids is 2. The predicted molar refractivity (Wildman–Crippen MR) is 144 cm³/mol. The quantitative estimate of drug-likeness (QED) is 0.123.